The molecule has 0 bridgehead atoms. The second-order valence-corrected chi connectivity index (χ2v) is 6.00. The summed E-state index contributed by atoms with van der Waals surface area (Å²) in [6, 6.07) is 0.420. The van der Waals surface area contributed by atoms with Gasteiger partial charge in [0.05, 0.1) is 0 Å². The van der Waals surface area contributed by atoms with Crippen LogP contribution in [0.4, 0.5) is 4.79 Å². The van der Waals surface area contributed by atoms with Crippen LogP contribution in [0.1, 0.15) is 40.5 Å². The van der Waals surface area contributed by atoms with Crippen LogP contribution in [0.2, 0.25) is 0 Å². The monoisotopic (exact) mass is 256 g/mol. The predicted octanol–water partition coefficient (Wildman–Crippen LogP) is 1.86. The van der Waals surface area contributed by atoms with E-state index >= 15 is 0 Å². The molecule has 0 aromatic heterocycles. The molecular weight excluding hydrogens is 232 g/mol. The van der Waals surface area contributed by atoms with Gasteiger partial charge in [0.1, 0.15) is 5.60 Å². The SMILES string of the molecule is CC(=O)N(C)C1CC(N(C)C(=O)OC(C)(C)C)C1. The van der Waals surface area contributed by atoms with Gasteiger partial charge in [0.15, 0.2) is 0 Å². The van der Waals surface area contributed by atoms with E-state index in [1.54, 1.807) is 30.8 Å². The maximum Gasteiger partial charge on any atom is 0.410 e. The summed E-state index contributed by atoms with van der Waals surface area (Å²) in [4.78, 5) is 26.4. The van der Waals surface area contributed by atoms with Crippen molar-refractivity contribution in [2.24, 2.45) is 0 Å². The third-order valence-electron chi connectivity index (χ3n) is 3.36. The predicted molar refractivity (Wildman–Crippen MR) is 69.3 cm³/mol. The molecule has 1 fully saturated rings. The van der Waals surface area contributed by atoms with E-state index in [1.807, 2.05) is 20.8 Å². The fourth-order valence-electron chi connectivity index (χ4n) is 1.93. The van der Waals surface area contributed by atoms with Crippen LogP contribution in [0.25, 0.3) is 0 Å². The van der Waals surface area contributed by atoms with Crippen molar-refractivity contribution in [3.8, 4) is 0 Å². The van der Waals surface area contributed by atoms with Gasteiger partial charge in [-0.15, -0.1) is 0 Å². The fourth-order valence-corrected chi connectivity index (χ4v) is 1.93. The highest BCUT2D eigenvalue weighted by atomic mass is 16.6. The topological polar surface area (TPSA) is 49.9 Å². The molecular formula is C13H24N2O3. The van der Waals surface area contributed by atoms with Gasteiger partial charge in [0.2, 0.25) is 5.91 Å². The first-order valence-corrected chi connectivity index (χ1v) is 6.31. The van der Waals surface area contributed by atoms with Crippen molar-refractivity contribution >= 4 is 12.0 Å². The Bertz CT molecular complexity index is 330. The smallest absolute Gasteiger partial charge is 0.410 e. The van der Waals surface area contributed by atoms with Crippen molar-refractivity contribution in [2.45, 2.75) is 58.2 Å². The van der Waals surface area contributed by atoms with Gasteiger partial charge in [-0.3, -0.25) is 4.79 Å². The van der Waals surface area contributed by atoms with Crippen LogP contribution in [0.15, 0.2) is 0 Å². The summed E-state index contributed by atoms with van der Waals surface area (Å²) in [5.41, 5.74) is -0.468. The zero-order valence-corrected chi connectivity index (χ0v) is 12.2. The first kappa shape index (κ1) is 14.8. The molecule has 0 atom stereocenters. The maximum absolute atomic E-state index is 11.8. The van der Waals surface area contributed by atoms with Crippen LogP contribution in [0.3, 0.4) is 0 Å². The number of ether oxygens (including phenoxy) is 1. The van der Waals surface area contributed by atoms with E-state index in [2.05, 4.69) is 0 Å². The van der Waals surface area contributed by atoms with E-state index in [-0.39, 0.29) is 24.1 Å². The Hall–Kier alpha value is -1.26. The minimum atomic E-state index is -0.468. The minimum Gasteiger partial charge on any atom is -0.444 e. The Morgan fingerprint density at radius 1 is 1.06 bits per heavy atom. The van der Waals surface area contributed by atoms with Crippen molar-refractivity contribution in [1.29, 1.82) is 0 Å². The quantitative estimate of drug-likeness (QED) is 0.757. The van der Waals surface area contributed by atoms with Gasteiger partial charge in [-0.25, -0.2) is 4.79 Å². The summed E-state index contributed by atoms with van der Waals surface area (Å²) in [5, 5.41) is 0. The molecule has 0 aromatic carbocycles. The minimum absolute atomic E-state index is 0.0679. The molecule has 0 unspecified atom stereocenters. The third-order valence-corrected chi connectivity index (χ3v) is 3.36. The number of rotatable bonds is 2. The zero-order valence-electron chi connectivity index (χ0n) is 12.2. The normalized spacial score (nSPS) is 23.0. The third kappa shape index (κ3) is 3.62. The Morgan fingerprint density at radius 3 is 1.89 bits per heavy atom. The Balaban J connectivity index is 2.41. The lowest BCUT2D eigenvalue weighted by molar-refractivity contribution is -0.132. The average molecular weight is 256 g/mol. The van der Waals surface area contributed by atoms with Gasteiger partial charge in [0.25, 0.3) is 0 Å². The average Bonchev–Trinajstić information content (AvgIpc) is 2.11. The number of carbonyl (C=O) groups excluding carboxylic acids is 2. The summed E-state index contributed by atoms with van der Waals surface area (Å²) in [5.74, 6) is 0.0679. The van der Waals surface area contributed by atoms with Crippen LogP contribution < -0.4 is 0 Å². The maximum atomic E-state index is 11.8. The van der Waals surface area contributed by atoms with Gasteiger partial charge in [0, 0.05) is 33.1 Å². The second-order valence-electron chi connectivity index (χ2n) is 6.00. The molecule has 1 aliphatic rings. The van der Waals surface area contributed by atoms with Crippen molar-refractivity contribution in [3.05, 3.63) is 0 Å². The van der Waals surface area contributed by atoms with Crippen molar-refractivity contribution in [1.82, 2.24) is 9.80 Å². The zero-order chi connectivity index (χ0) is 14.1. The number of amides is 2. The van der Waals surface area contributed by atoms with Gasteiger partial charge in [-0.1, -0.05) is 0 Å². The summed E-state index contributed by atoms with van der Waals surface area (Å²) in [6.45, 7) is 7.12. The molecule has 18 heavy (non-hydrogen) atoms. The molecule has 0 saturated heterocycles. The largest absolute Gasteiger partial charge is 0.444 e. The molecule has 0 spiro atoms. The molecule has 5 nitrogen and oxygen atoms in total. The lowest BCUT2D eigenvalue weighted by Crippen LogP contribution is -2.55. The highest BCUT2D eigenvalue weighted by Gasteiger charge is 2.38. The number of carbonyl (C=O) groups is 2. The molecule has 1 saturated carbocycles. The van der Waals surface area contributed by atoms with Crippen molar-refractivity contribution in [2.75, 3.05) is 14.1 Å². The molecule has 0 aliphatic heterocycles. The molecule has 0 N–H and O–H groups in total. The second kappa shape index (κ2) is 5.16. The number of hydrogen-bond acceptors (Lipinski definition) is 3. The van der Waals surface area contributed by atoms with E-state index in [0.717, 1.165) is 12.8 Å². The first-order valence-electron chi connectivity index (χ1n) is 6.31. The lowest BCUT2D eigenvalue weighted by Gasteiger charge is -2.44. The van der Waals surface area contributed by atoms with Crippen LogP contribution in [-0.2, 0) is 9.53 Å². The van der Waals surface area contributed by atoms with E-state index < -0.39 is 5.60 Å². The summed E-state index contributed by atoms with van der Waals surface area (Å²) in [6.07, 6.45) is 1.36. The standard InChI is InChI=1S/C13H24N2O3/c1-9(16)14(5)10-7-11(8-10)15(6)12(17)18-13(2,3)4/h10-11H,7-8H2,1-6H3. The van der Waals surface area contributed by atoms with Gasteiger partial charge in [-0.2, -0.15) is 0 Å². The molecule has 104 valence electrons. The molecule has 1 aliphatic carbocycles. The Kier molecular flexibility index (Phi) is 4.24. The number of hydrogen-bond donors (Lipinski definition) is 0. The summed E-state index contributed by atoms with van der Waals surface area (Å²) in [7, 11) is 3.55. The van der Waals surface area contributed by atoms with E-state index in [9.17, 15) is 9.59 Å². The van der Waals surface area contributed by atoms with Crippen molar-refractivity contribution < 1.29 is 14.3 Å². The summed E-state index contributed by atoms with van der Waals surface area (Å²) >= 11 is 0. The van der Waals surface area contributed by atoms with E-state index in [0.29, 0.717) is 0 Å². The van der Waals surface area contributed by atoms with Crippen LogP contribution in [-0.4, -0.2) is 53.6 Å². The van der Waals surface area contributed by atoms with E-state index in [4.69, 9.17) is 4.74 Å². The van der Waals surface area contributed by atoms with Gasteiger partial charge in [-0.05, 0) is 33.6 Å². The van der Waals surface area contributed by atoms with Gasteiger partial charge < -0.3 is 14.5 Å². The molecule has 0 aromatic rings. The Labute approximate surface area is 109 Å². The lowest BCUT2D eigenvalue weighted by atomic mass is 9.85. The molecule has 5 heteroatoms. The van der Waals surface area contributed by atoms with Gasteiger partial charge >= 0.3 is 6.09 Å². The molecule has 0 radical (unpaired) electrons. The van der Waals surface area contributed by atoms with Crippen LogP contribution in [0, 0.1) is 0 Å². The summed E-state index contributed by atoms with van der Waals surface area (Å²) < 4.78 is 5.31. The molecule has 0 heterocycles. The van der Waals surface area contributed by atoms with Crippen LogP contribution in [0.5, 0.6) is 0 Å². The Morgan fingerprint density at radius 2 is 1.50 bits per heavy atom. The first-order chi connectivity index (χ1) is 8.11. The molecule has 2 amide bonds. The highest BCUT2D eigenvalue weighted by Crippen LogP contribution is 2.29. The molecule has 1 rings (SSSR count). The van der Waals surface area contributed by atoms with E-state index in [1.165, 1.54) is 0 Å². The number of nitrogens with zero attached hydrogens (tertiary/aromatic N) is 2. The van der Waals surface area contributed by atoms with Crippen LogP contribution >= 0.6 is 0 Å². The highest BCUT2D eigenvalue weighted by molar-refractivity contribution is 5.73. The fraction of sp³-hybridized carbons (Fsp3) is 0.846. The van der Waals surface area contributed by atoms with Crippen molar-refractivity contribution in [3.63, 3.8) is 0 Å².